The summed E-state index contributed by atoms with van der Waals surface area (Å²) >= 11 is 6.70. The van der Waals surface area contributed by atoms with Crippen LogP contribution in [0.5, 0.6) is 18.0 Å². The van der Waals surface area contributed by atoms with Crippen molar-refractivity contribution < 1.29 is 56.0 Å². The van der Waals surface area contributed by atoms with Gasteiger partial charge in [-0.25, -0.2) is 32.9 Å². The first kappa shape index (κ1) is 123. The number of carbonyl (C=O) groups excluding carboxylic acids is 3. The SMILES string of the molecule is C.S.S.S.S.S.S.S.S.S.[C-]#[N+]C[C@H]1CN(c2nc(OCCCN3C[C@@H]4C[C@H]3CO4)nc3c2CCN(c2cccc4cccc(C)c24)C3)CCN1C(=O)/C=C/CF.[C-]#[N+]C[C@H]1CN(c2nc(OCCCN3C[C@@H]4C[C@H]3CO4)nc3c2CCN(c2cccc4cccc(C)c24)C3)CCN1C(=O)C(=C)F.[C-]#[N+]C[C@H]1CN(c2nc(OCCCN3C[C@@H]4C[C@H]3CO4)nc3c2CCN(c2cccc4cccc(Cl)c24)C3)CCN1C(=O)C(=C)F. The van der Waals surface area contributed by atoms with Gasteiger partial charge in [-0.1, -0.05) is 117 Å². The van der Waals surface area contributed by atoms with E-state index in [0.717, 1.165) is 198 Å². The molecule has 9 saturated heterocycles. The Morgan fingerprint density at radius 1 is 0.430 bits per heavy atom. The van der Waals surface area contributed by atoms with Gasteiger partial charge in [0.15, 0.2) is 11.7 Å². The maximum atomic E-state index is 13.9. The van der Waals surface area contributed by atoms with Crippen LogP contribution in [-0.2, 0) is 67.5 Å². The van der Waals surface area contributed by atoms with E-state index in [-0.39, 0.29) is 174 Å². The molecule has 6 aromatic carbocycles. The van der Waals surface area contributed by atoms with Gasteiger partial charge in [-0.05, 0) is 129 Å². The molecule has 12 aliphatic rings. The zero-order valence-electron chi connectivity index (χ0n) is 83.5. The molecule has 806 valence electrons. The molecule has 21 rings (SSSR count). The number of hydrogen-bond acceptors (Lipinski definition) is 24. The van der Waals surface area contributed by atoms with E-state index in [9.17, 15) is 27.6 Å². The van der Waals surface area contributed by atoms with Crippen molar-refractivity contribution in [2.75, 3.05) is 213 Å². The van der Waals surface area contributed by atoms with Gasteiger partial charge in [-0.2, -0.15) is 151 Å². The molecular formula is C106H141ClF3N21O9S9. The fourth-order valence-corrected chi connectivity index (χ4v) is 23.0. The number of benzene rings is 6. The first-order valence-electron chi connectivity index (χ1n) is 48.9. The Morgan fingerprint density at radius 2 is 0.745 bits per heavy atom. The lowest BCUT2D eigenvalue weighted by molar-refractivity contribution is -0.131. The van der Waals surface area contributed by atoms with Crippen LogP contribution in [0.25, 0.3) is 46.9 Å². The molecule has 9 fully saturated rings. The Bertz CT molecular complexity index is 6050. The highest BCUT2D eigenvalue weighted by atomic mass is 35.5. The molecule has 9 atom stereocenters. The lowest BCUT2D eigenvalue weighted by atomic mass is 9.99. The number of fused-ring (bicyclic) bond motifs is 12. The standard InChI is InChI=1S/C36H42FN7O3.C35H40FN7O3.C34H37ClFN7O3.CH4.9H2S/c1-25-7-3-8-26-9-4-10-32(34(25)26)42-15-12-30-31(23-42)39-36(46-18-6-14-41-22-29-19-27(41)24-47-29)40-35(30)43-16-17-44(28(21-43)20-38-2)33(45)11-5-13-37;1-23-7-4-8-25-9-5-10-31(32(23)25)41-13-11-29-30(21-41)38-35(45-16-6-12-40-20-28-17-26(40)22-46-28)39-33(29)42-14-15-43(34(44)24(2)36)27(19-42)18-37-3;1-22(36)33(44)43-14-13-42(18-25(43)17-37-2)32-27-10-12-41(30-9-4-7-23-6-3-8-28(35)31(23)30)20-29(27)38-34(39-32)45-15-5-11-40-19-26-16-24(40)21-46-26;;;;;;;;;;/h3-5,7-11,27-29H,6,12-24H2,1H3;4-5,7-10,26-28H,2,6,11-22H2,1H3;3-4,6-9,24-26H,1,5,10-21H2;1H4;9*1H2/b11-5+;;;;;;;;;;;;/t27-,28-,29-;26-,27-,28-;24-,25-,26-;;;;;;;;;;/m000........../s1. The predicted molar refractivity (Wildman–Crippen MR) is 629 cm³/mol. The smallest absolute Gasteiger partial charge is 0.318 e. The number of alkyl halides is 1. The molecule has 3 amide bonds. The van der Waals surface area contributed by atoms with Crippen LogP contribution in [0.15, 0.2) is 146 Å². The summed E-state index contributed by atoms with van der Waals surface area (Å²) < 4.78 is 76.4. The molecule has 6 bridgehead atoms. The van der Waals surface area contributed by atoms with Crippen LogP contribution < -0.4 is 43.6 Å². The van der Waals surface area contributed by atoms with Crippen LogP contribution in [0.4, 0.5) is 47.7 Å². The molecule has 43 heteroatoms. The minimum Gasteiger partial charge on any atom is -0.463 e. The molecule has 30 nitrogen and oxygen atoms in total. The Hall–Kier alpha value is -9.37. The third-order valence-electron chi connectivity index (χ3n) is 29.5. The van der Waals surface area contributed by atoms with Gasteiger partial charge in [-0.3, -0.25) is 29.1 Å². The zero-order valence-corrected chi connectivity index (χ0v) is 93.3. The highest BCUT2D eigenvalue weighted by molar-refractivity contribution is 7.60. The second-order valence-corrected chi connectivity index (χ2v) is 38.5. The molecule has 0 unspecified atom stereocenters. The molecule has 12 aliphatic heterocycles. The van der Waals surface area contributed by atoms with E-state index in [1.165, 1.54) is 66.0 Å². The number of rotatable bonds is 28. The van der Waals surface area contributed by atoms with Crippen molar-refractivity contribution in [1.29, 1.82) is 0 Å². The fourth-order valence-electron chi connectivity index (χ4n) is 22.7. The molecule has 0 aliphatic carbocycles. The summed E-state index contributed by atoms with van der Waals surface area (Å²) in [6.07, 6.45) is 11.8. The number of aromatic nitrogens is 6. The molecule has 3 aromatic heterocycles. The largest absolute Gasteiger partial charge is 0.463 e. The highest BCUT2D eigenvalue weighted by Gasteiger charge is 2.45. The number of halogens is 4. The highest BCUT2D eigenvalue weighted by Crippen LogP contribution is 2.43. The molecule has 0 radical (unpaired) electrons. The van der Waals surface area contributed by atoms with E-state index in [4.69, 9.17) is 89.6 Å². The van der Waals surface area contributed by atoms with Crippen LogP contribution in [0.1, 0.15) is 90.9 Å². The van der Waals surface area contributed by atoms with E-state index < -0.39 is 42.2 Å². The van der Waals surface area contributed by atoms with Gasteiger partial charge in [0.2, 0.25) is 25.5 Å². The van der Waals surface area contributed by atoms with Gasteiger partial charge >= 0.3 is 18.0 Å². The Balaban J connectivity index is 0.000000240. The first-order chi connectivity index (χ1) is 67.8. The molecule has 0 saturated carbocycles. The van der Waals surface area contributed by atoms with Crippen molar-refractivity contribution in [2.24, 2.45) is 0 Å². The summed E-state index contributed by atoms with van der Waals surface area (Å²) in [7, 11) is 0. The Morgan fingerprint density at radius 3 is 1.06 bits per heavy atom. The number of likely N-dealkylation sites (tertiary alicyclic amines) is 3. The number of anilines is 6. The van der Waals surface area contributed by atoms with E-state index >= 15 is 0 Å². The Kier molecular flexibility index (Phi) is 46.7. The molecule has 9 aromatic rings. The number of hydrogen-bond donors (Lipinski definition) is 0. The maximum absolute atomic E-state index is 13.9. The minimum atomic E-state index is -1.01. The van der Waals surface area contributed by atoms with Crippen molar-refractivity contribution >= 4 is 218 Å². The van der Waals surface area contributed by atoms with Crippen LogP contribution >= 0.6 is 133 Å². The molecule has 149 heavy (non-hydrogen) atoms. The lowest BCUT2D eigenvalue weighted by Gasteiger charge is -2.41. The Labute approximate surface area is 940 Å². The number of morpholine rings is 3. The van der Waals surface area contributed by atoms with Crippen molar-refractivity contribution in [3.8, 4) is 18.0 Å². The summed E-state index contributed by atoms with van der Waals surface area (Å²) in [4.78, 5) is 104. The van der Waals surface area contributed by atoms with Crippen LogP contribution in [-0.4, -0.2) is 315 Å². The predicted octanol–water partition coefficient (Wildman–Crippen LogP) is 14.5. The monoisotopic (exact) mass is 2230 g/mol. The molecule has 0 N–H and O–H groups in total. The summed E-state index contributed by atoms with van der Waals surface area (Å²) in [5.41, 5.74) is 11.8. The quantitative estimate of drug-likeness (QED) is 0.0252. The number of allylic oxidation sites excluding steroid dienone is 1. The minimum absolute atomic E-state index is 0. The van der Waals surface area contributed by atoms with Crippen molar-refractivity contribution in [1.82, 2.24) is 59.3 Å². The van der Waals surface area contributed by atoms with Gasteiger partial charge in [0, 0.05) is 192 Å². The van der Waals surface area contributed by atoms with Crippen LogP contribution in [0.2, 0.25) is 5.02 Å². The van der Waals surface area contributed by atoms with E-state index in [1.807, 2.05) is 18.2 Å². The summed E-state index contributed by atoms with van der Waals surface area (Å²) in [6, 6.07) is 39.2. The van der Waals surface area contributed by atoms with Crippen LogP contribution in [0, 0.1) is 33.6 Å². The number of ether oxygens (including phenoxy) is 6. The van der Waals surface area contributed by atoms with Gasteiger partial charge in [0.05, 0.1) is 99.7 Å². The van der Waals surface area contributed by atoms with E-state index in [0.29, 0.717) is 151 Å². The van der Waals surface area contributed by atoms with Crippen molar-refractivity contribution in [2.45, 2.75) is 153 Å². The number of nitrogens with zero attached hydrogens (tertiary/aromatic N) is 21. The van der Waals surface area contributed by atoms with Gasteiger partial charge < -0.3 is 87.1 Å². The third kappa shape index (κ3) is 27.7. The molecule has 15 heterocycles. The average Bonchev–Trinajstić information content (AvgIpc) is 1.11. The molecule has 0 spiro atoms. The topological polar surface area (TPSA) is 236 Å². The lowest BCUT2D eigenvalue weighted by Crippen LogP contribution is -2.57. The fraction of sp³-hybridized carbons (Fsp3) is 0.491. The summed E-state index contributed by atoms with van der Waals surface area (Å²) in [6.45, 7) is 50.3. The second kappa shape index (κ2) is 56.5. The third-order valence-corrected chi connectivity index (χ3v) is 29.8. The number of carbonyl (C=O) groups is 3. The maximum Gasteiger partial charge on any atom is 0.318 e. The molecular weight excluding hydrogens is 2090 g/mol. The van der Waals surface area contributed by atoms with E-state index in [1.54, 1.807) is 4.90 Å². The van der Waals surface area contributed by atoms with Gasteiger partial charge in [-0.15, -0.1) is 0 Å². The van der Waals surface area contributed by atoms with E-state index in [2.05, 4.69) is 177 Å². The van der Waals surface area contributed by atoms with Crippen molar-refractivity contribution in [3.05, 3.63) is 230 Å². The van der Waals surface area contributed by atoms with Gasteiger partial charge in [0.1, 0.15) is 42.3 Å². The average molecular weight is 2230 g/mol. The summed E-state index contributed by atoms with van der Waals surface area (Å²) in [5, 5.41) is 7.74. The normalized spacial score (nSPS) is 21.1. The second-order valence-electron chi connectivity index (χ2n) is 38.1. The summed E-state index contributed by atoms with van der Waals surface area (Å²) in [5.74, 6) is -1.42. The zero-order chi connectivity index (χ0) is 95.9. The van der Waals surface area contributed by atoms with Crippen LogP contribution in [0.3, 0.4) is 0 Å². The van der Waals surface area contributed by atoms with Gasteiger partial charge in [0.25, 0.3) is 11.8 Å². The number of amides is 3. The first-order valence-corrected chi connectivity index (χ1v) is 49.3. The van der Waals surface area contributed by atoms with Crippen molar-refractivity contribution in [3.63, 3.8) is 0 Å². The number of piperazine rings is 3. The number of aryl methyl sites for hydroxylation is 2.